The largest absolute Gasteiger partial charge is 0.385 e. The summed E-state index contributed by atoms with van der Waals surface area (Å²) in [4.78, 5) is 33.8. The van der Waals surface area contributed by atoms with Crippen LogP contribution in [0.2, 0.25) is 0 Å². The number of ether oxygens (including phenoxy) is 3. The van der Waals surface area contributed by atoms with Gasteiger partial charge in [0.2, 0.25) is 17.7 Å². The maximum absolute atomic E-state index is 10.6. The zero-order valence-electron chi connectivity index (χ0n) is 36.4. The highest BCUT2D eigenvalue weighted by atomic mass is 16.5. The van der Waals surface area contributed by atoms with Gasteiger partial charge in [0.15, 0.2) is 0 Å². The fourth-order valence-corrected chi connectivity index (χ4v) is 4.69. The molecule has 0 bridgehead atoms. The molecule has 0 aliphatic carbocycles. The van der Waals surface area contributed by atoms with Crippen molar-refractivity contribution in [2.75, 3.05) is 107 Å². The van der Waals surface area contributed by atoms with Gasteiger partial charge in [-0.2, -0.15) is 0 Å². The summed E-state index contributed by atoms with van der Waals surface area (Å²) in [6, 6.07) is 0. The van der Waals surface area contributed by atoms with Crippen LogP contribution in [0.5, 0.6) is 0 Å². The highest BCUT2D eigenvalue weighted by molar-refractivity contribution is 5.73. The van der Waals surface area contributed by atoms with Crippen molar-refractivity contribution in [3.05, 3.63) is 0 Å². The lowest BCUT2D eigenvalue weighted by molar-refractivity contribution is -0.119. The maximum Gasteiger partial charge on any atom is 0.216 e. The molecule has 0 atom stereocenters. The van der Waals surface area contributed by atoms with E-state index in [9.17, 15) is 14.4 Å². The van der Waals surface area contributed by atoms with E-state index in [0.29, 0.717) is 19.8 Å². The summed E-state index contributed by atoms with van der Waals surface area (Å²) in [6.07, 6.45) is 21.5. The van der Waals surface area contributed by atoms with Crippen molar-refractivity contribution in [1.29, 1.82) is 0 Å². The number of unbranched alkanes of at least 4 members (excludes halogenated alkanes) is 12. The van der Waals surface area contributed by atoms with Gasteiger partial charge in [-0.05, 0) is 79.3 Å². The number of nitrogens with one attached hydrogen (secondary N) is 5. The van der Waals surface area contributed by atoms with Crippen LogP contribution < -0.4 is 26.6 Å². The van der Waals surface area contributed by atoms with Crippen LogP contribution in [0.25, 0.3) is 0 Å². The molecule has 0 heterocycles. The second-order valence-electron chi connectivity index (χ2n) is 13.5. The number of amides is 3. The first-order valence-corrected chi connectivity index (χ1v) is 21.0. The van der Waals surface area contributed by atoms with Gasteiger partial charge < -0.3 is 45.7 Å². The molecule has 0 aliphatic rings. The van der Waals surface area contributed by atoms with Crippen LogP contribution >= 0.6 is 0 Å². The van der Waals surface area contributed by atoms with Gasteiger partial charge in [0.1, 0.15) is 0 Å². The van der Waals surface area contributed by atoms with E-state index in [1.807, 2.05) is 14.1 Å². The molecule has 0 rings (SSSR count). The minimum atomic E-state index is 0. The Morgan fingerprint density at radius 2 is 0.842 bits per heavy atom. The van der Waals surface area contributed by atoms with Gasteiger partial charge >= 0.3 is 0 Å². The lowest BCUT2D eigenvalue weighted by Gasteiger charge is -2.15. The summed E-state index contributed by atoms with van der Waals surface area (Å²) in [7, 11) is 7.73. The van der Waals surface area contributed by atoms with Crippen molar-refractivity contribution >= 4 is 17.7 Å². The molecule has 12 heteroatoms. The molecule has 0 aromatic rings. The van der Waals surface area contributed by atoms with Crippen LogP contribution in [-0.4, -0.2) is 130 Å². The number of likely N-dealkylation sites (N-methyl/N-ethyl adjacent to an activating group) is 1. The van der Waals surface area contributed by atoms with E-state index in [-0.39, 0.29) is 53.1 Å². The van der Waals surface area contributed by atoms with Crippen LogP contribution in [0.15, 0.2) is 0 Å². The second-order valence-corrected chi connectivity index (χ2v) is 13.5. The molecule has 0 aliphatic heterocycles. The number of carbonyl (C=O) groups excluding carboxylic acids is 3. The fourth-order valence-electron chi connectivity index (χ4n) is 4.69. The summed E-state index contributed by atoms with van der Waals surface area (Å²) in [6.45, 7) is 19.5. The first-order chi connectivity index (χ1) is 25.6. The zero-order valence-corrected chi connectivity index (χ0v) is 36.4. The van der Waals surface area contributed by atoms with E-state index in [1.165, 1.54) is 96.9 Å². The molecule has 0 saturated carbocycles. The molecular weight excluding hydrogens is 721 g/mol. The topological polar surface area (TPSA) is 142 Å². The predicted molar refractivity (Wildman–Crippen MR) is 260 cm³/mol. The molecule has 0 aromatic heterocycles. The van der Waals surface area contributed by atoms with Gasteiger partial charge in [-0.15, -0.1) is 0 Å². The van der Waals surface area contributed by atoms with Gasteiger partial charge in [-0.3, -0.25) is 14.4 Å². The summed E-state index contributed by atoms with van der Waals surface area (Å²) in [5.74, 6) is 0.179. The Balaban J connectivity index is -0.0000000515. The number of hydrogen-bond donors (Lipinski definition) is 5. The van der Waals surface area contributed by atoms with Crippen LogP contribution in [0, 0.1) is 0 Å². The van der Waals surface area contributed by atoms with E-state index in [4.69, 9.17) is 14.2 Å². The van der Waals surface area contributed by atoms with E-state index in [1.54, 1.807) is 21.0 Å². The van der Waals surface area contributed by atoms with E-state index >= 15 is 0 Å². The molecule has 0 radical (unpaired) electrons. The van der Waals surface area contributed by atoms with Gasteiger partial charge in [-0.25, -0.2) is 0 Å². The normalized spacial score (nSPS) is 9.58. The van der Waals surface area contributed by atoms with Crippen LogP contribution in [-0.2, 0) is 28.6 Å². The molecule has 0 unspecified atom stereocenters. The Morgan fingerprint density at radius 1 is 0.456 bits per heavy atom. The first-order valence-electron chi connectivity index (χ1n) is 21.0. The molecule has 57 heavy (non-hydrogen) atoms. The van der Waals surface area contributed by atoms with Crippen LogP contribution in [0.4, 0.5) is 0 Å². The van der Waals surface area contributed by atoms with E-state index < -0.39 is 0 Å². The average molecular weight is 839 g/mol. The van der Waals surface area contributed by atoms with Crippen molar-refractivity contribution < 1.29 is 34.3 Å². The SMILES string of the molecule is C.C.C.C.CCCCCN(C)CCCNC(C)=O.CCCCOCCOCCNC.CNCCCCCCCCCCCCNC(C)=O.COCCCNC(C)=O.[2HH].[2HH].[2HH].[2HH]. The number of methoxy groups -OCH3 is 1. The molecule has 0 aromatic carbocycles. The number of nitrogens with zero attached hydrogens (tertiary/aromatic N) is 1. The predicted octanol–water partition coefficient (Wildman–Crippen LogP) is 9.60. The molecular formula is C45H114N6O6. The molecule has 3 amide bonds. The monoisotopic (exact) mass is 839 g/mol. The lowest BCUT2D eigenvalue weighted by atomic mass is 10.1. The fraction of sp³-hybridized carbons (Fsp3) is 0.933. The number of hydrogen-bond acceptors (Lipinski definition) is 9. The van der Waals surface area contributed by atoms with Crippen LogP contribution in [0.3, 0.4) is 0 Å². The number of rotatable bonds is 34. The standard InChI is InChI=1S/C15H32N2O.C11H24N2O.C9H21NO2.C6H13NO2.4CH4.4H2/c1-15(18)17-14-12-10-8-6-4-3-5-7-9-11-13-16-2;1-4-5-6-9-13(3)10-7-8-12-11(2)14;1-3-4-6-11-8-9-12-7-5-10-2;1-6(8)7-4-3-5-9-2;;;;;;;;/h16H,3-14H2,1-2H3,(H,17,18);4-10H2,1-3H3,(H,12,14);10H,3-9H2,1-2H3;3-5H2,1-2H3,(H,7,8);4*1H4;4*1H/i;;;;;;;;4*1+1. The molecule has 360 valence electrons. The summed E-state index contributed by atoms with van der Waals surface area (Å²) >= 11 is 0. The van der Waals surface area contributed by atoms with Gasteiger partial charge in [0, 0.05) is 73.0 Å². The molecule has 5 N–H and O–H groups in total. The molecule has 0 saturated heterocycles. The van der Waals surface area contributed by atoms with Gasteiger partial charge in [-0.1, -0.05) is 114 Å². The Bertz CT molecular complexity index is 733. The van der Waals surface area contributed by atoms with Crippen molar-refractivity contribution in [2.24, 2.45) is 0 Å². The molecule has 0 fully saturated rings. The second kappa shape index (κ2) is 68.8. The molecule has 0 spiro atoms. The highest BCUT2D eigenvalue weighted by Crippen LogP contribution is 2.10. The smallest absolute Gasteiger partial charge is 0.216 e. The third-order valence-electron chi connectivity index (χ3n) is 7.87. The maximum atomic E-state index is 10.6. The third kappa shape index (κ3) is 91.4. The third-order valence-corrected chi connectivity index (χ3v) is 7.87. The Labute approximate surface area is 363 Å². The van der Waals surface area contributed by atoms with Crippen LogP contribution in [0.1, 0.15) is 179 Å². The lowest BCUT2D eigenvalue weighted by Crippen LogP contribution is -2.27. The summed E-state index contributed by atoms with van der Waals surface area (Å²) in [5, 5.41) is 14.5. The van der Waals surface area contributed by atoms with Crippen molar-refractivity contribution in [3.63, 3.8) is 0 Å². The highest BCUT2D eigenvalue weighted by Gasteiger charge is 1.98. The van der Waals surface area contributed by atoms with E-state index in [0.717, 1.165) is 78.2 Å². The summed E-state index contributed by atoms with van der Waals surface area (Å²) in [5.41, 5.74) is 0. The minimum absolute atomic E-state index is 0. The molecule has 12 nitrogen and oxygen atoms in total. The average Bonchev–Trinajstić information content (AvgIpc) is 3.12. The minimum Gasteiger partial charge on any atom is -0.385 e. The Kier molecular flexibility index (Phi) is 87.9. The summed E-state index contributed by atoms with van der Waals surface area (Å²) < 4.78 is 15.3. The Hall–Kier alpha value is -1.83. The van der Waals surface area contributed by atoms with Crippen molar-refractivity contribution in [2.45, 2.75) is 173 Å². The zero-order chi connectivity index (χ0) is 40.5. The Morgan fingerprint density at radius 3 is 1.26 bits per heavy atom. The first kappa shape index (κ1) is 72.8. The van der Waals surface area contributed by atoms with Gasteiger partial charge in [0.25, 0.3) is 0 Å². The van der Waals surface area contributed by atoms with Gasteiger partial charge in [0.05, 0.1) is 19.8 Å². The number of carbonyl (C=O) groups is 3. The van der Waals surface area contributed by atoms with Crippen molar-refractivity contribution in [1.82, 2.24) is 31.5 Å². The quantitative estimate of drug-likeness (QED) is 0.0401. The van der Waals surface area contributed by atoms with Crippen molar-refractivity contribution in [3.8, 4) is 0 Å². The van der Waals surface area contributed by atoms with E-state index in [2.05, 4.69) is 52.4 Å².